The summed E-state index contributed by atoms with van der Waals surface area (Å²) < 4.78 is 107. The summed E-state index contributed by atoms with van der Waals surface area (Å²) in [6.07, 6.45) is -5.39. The Morgan fingerprint density at radius 3 is 1.21 bits per heavy atom. The Morgan fingerprint density at radius 2 is 0.840 bits per heavy atom. The molecule has 9 aromatic carbocycles. The number of alkyl halides is 3. The van der Waals surface area contributed by atoms with Gasteiger partial charge in [0.1, 0.15) is 34.5 Å². The van der Waals surface area contributed by atoms with E-state index in [4.69, 9.17) is 9.15 Å². The van der Waals surface area contributed by atoms with E-state index < -0.39 is 54.8 Å². The van der Waals surface area contributed by atoms with Crippen molar-refractivity contribution in [3.63, 3.8) is 0 Å². The van der Waals surface area contributed by atoms with E-state index in [1.807, 2.05) is 170 Å². The fourth-order valence-electron chi connectivity index (χ4n) is 8.41. The van der Waals surface area contributed by atoms with Crippen LogP contribution in [-0.2, 0) is 9.13 Å². The quantitative estimate of drug-likeness (QED) is 0.0557. The number of para-hydroxylation sites is 2. The predicted octanol–water partition coefficient (Wildman–Crippen LogP) is 12.7. The third kappa shape index (κ3) is 11.3. The molecule has 1 N–H and O–H groups in total. The molecule has 375 valence electrons. The summed E-state index contributed by atoms with van der Waals surface area (Å²) in [5.74, 6) is -3.78. The Balaban J connectivity index is 0.000000201. The Kier molecular flexibility index (Phi) is 16.8. The molecule has 16 heteroatoms. The fourth-order valence-corrected chi connectivity index (χ4v) is 13.9. The van der Waals surface area contributed by atoms with Crippen LogP contribution >= 0.6 is 14.3 Å². The van der Waals surface area contributed by atoms with Crippen LogP contribution in [0.3, 0.4) is 0 Å². The number of benzene rings is 9. The van der Waals surface area contributed by atoms with Gasteiger partial charge in [0, 0.05) is 93.7 Å². The summed E-state index contributed by atoms with van der Waals surface area (Å²) in [5, 5.41) is 13.9. The van der Waals surface area contributed by atoms with E-state index in [0.29, 0.717) is 33.5 Å². The Hall–Kier alpha value is -7.05. The molecule has 10 aromatic rings. The minimum absolute atomic E-state index is 0. The van der Waals surface area contributed by atoms with Gasteiger partial charge in [-0.05, 0) is 84.9 Å². The minimum Gasteiger partial charge on any atom is -0.506 e. The Morgan fingerprint density at radius 1 is 0.493 bits per heavy atom. The van der Waals surface area contributed by atoms with E-state index in [2.05, 4.69) is 0 Å². The summed E-state index contributed by atoms with van der Waals surface area (Å²) in [7, 11) is -6.63. The number of carbonyl (C=O) groups is 1. The van der Waals surface area contributed by atoms with Crippen LogP contribution in [0.25, 0.3) is 11.0 Å². The first-order valence-corrected chi connectivity index (χ1v) is 26.1. The largest absolute Gasteiger partial charge is 0.506 e. The molecule has 0 spiro atoms. The SMILES string of the molecule is O=C(c1c(O)c2ccc(N(c3ccc(F)cc3)c3ccc(F)cc3)cc2oc1=O)C(F)(F)F.O=P(c1ccccc1)(c1ccccc1)c1ccccc1Oc1ccccc1P(=O)(c1ccccc1)c1ccccc1.[Eu]. The van der Waals surface area contributed by atoms with Gasteiger partial charge >= 0.3 is 11.8 Å². The number of hydrogen-bond acceptors (Lipinski definition) is 8. The Labute approximate surface area is 468 Å². The van der Waals surface area contributed by atoms with Crippen molar-refractivity contribution in [2.75, 3.05) is 4.90 Å². The van der Waals surface area contributed by atoms with Crippen molar-refractivity contribution in [1.82, 2.24) is 0 Å². The van der Waals surface area contributed by atoms with Gasteiger partial charge in [0.05, 0.1) is 16.0 Å². The zero-order chi connectivity index (χ0) is 52.0. The van der Waals surface area contributed by atoms with E-state index in [9.17, 15) is 36.6 Å². The van der Waals surface area contributed by atoms with Gasteiger partial charge in [-0.15, -0.1) is 0 Å². The number of rotatable bonds is 12. The molecular weight excluding hydrogens is 1140 g/mol. The molecule has 75 heavy (non-hydrogen) atoms. The average Bonchev–Trinajstić information content (AvgIpc) is 3.42. The van der Waals surface area contributed by atoms with Crippen molar-refractivity contribution in [3.05, 3.63) is 264 Å². The van der Waals surface area contributed by atoms with Crippen LogP contribution in [0.15, 0.2) is 246 Å². The van der Waals surface area contributed by atoms with Gasteiger partial charge in [-0.25, -0.2) is 13.6 Å². The van der Waals surface area contributed by atoms with E-state index in [-0.39, 0.29) is 66.0 Å². The number of carbonyl (C=O) groups excluding carboxylic acids is 1. The summed E-state index contributed by atoms with van der Waals surface area (Å²) in [6.45, 7) is 0. The normalized spacial score (nSPS) is 11.4. The number of anilines is 3. The van der Waals surface area contributed by atoms with Crippen LogP contribution < -0.4 is 47.1 Å². The fraction of sp³-hybridized carbons (Fsp3) is 0.0169. The smallest absolute Gasteiger partial charge is 0.455 e. The van der Waals surface area contributed by atoms with Crippen molar-refractivity contribution < 1.29 is 99.5 Å². The number of Topliss-reactive ketones (excluding diaryl/α,β-unsaturated/α-hetero) is 1. The van der Waals surface area contributed by atoms with Crippen molar-refractivity contribution in [2.24, 2.45) is 0 Å². The maximum absolute atomic E-state index is 15.2. The average molecular weight is 1180 g/mol. The predicted molar refractivity (Wildman–Crippen MR) is 281 cm³/mol. The van der Waals surface area contributed by atoms with Gasteiger partial charge < -0.3 is 28.3 Å². The minimum atomic E-state index is -5.39. The third-order valence-corrected chi connectivity index (χ3v) is 18.1. The summed E-state index contributed by atoms with van der Waals surface area (Å²) in [5.41, 5.74) is -2.33. The zero-order valence-electron chi connectivity index (χ0n) is 39.0. The van der Waals surface area contributed by atoms with Crippen molar-refractivity contribution >= 4 is 79.9 Å². The van der Waals surface area contributed by atoms with E-state index in [1.54, 1.807) is 0 Å². The van der Waals surface area contributed by atoms with Gasteiger partial charge in [0.15, 0.2) is 19.8 Å². The monoisotopic (exact) mass is 1180 g/mol. The van der Waals surface area contributed by atoms with Gasteiger partial charge in [-0.3, -0.25) is 4.79 Å². The molecule has 1 aromatic heterocycles. The van der Waals surface area contributed by atoms with Gasteiger partial charge in [-0.2, -0.15) is 13.2 Å². The van der Waals surface area contributed by atoms with Crippen LogP contribution in [0.1, 0.15) is 10.4 Å². The number of ether oxygens (including phenoxy) is 1. The number of aromatic hydroxyl groups is 1. The molecule has 0 unspecified atom stereocenters. The van der Waals surface area contributed by atoms with Gasteiger partial charge in [0.2, 0.25) is 0 Å². The van der Waals surface area contributed by atoms with Crippen molar-refractivity contribution in [1.29, 1.82) is 0 Å². The first-order valence-electron chi connectivity index (χ1n) is 22.7. The maximum atomic E-state index is 15.2. The van der Waals surface area contributed by atoms with Crippen LogP contribution in [0, 0.1) is 61.0 Å². The maximum Gasteiger partial charge on any atom is 0.455 e. The zero-order valence-corrected chi connectivity index (χ0v) is 43.2. The summed E-state index contributed by atoms with van der Waals surface area (Å²) in [6, 6.07) is 67.3. The number of nitrogens with zero attached hydrogens (tertiary/aromatic N) is 1. The number of ketones is 1. The van der Waals surface area contributed by atoms with Crippen molar-refractivity contribution in [2.45, 2.75) is 6.18 Å². The van der Waals surface area contributed by atoms with Crippen LogP contribution in [0.5, 0.6) is 17.2 Å². The molecule has 10 rings (SSSR count). The second kappa shape index (κ2) is 23.2. The molecule has 1 heterocycles. The van der Waals surface area contributed by atoms with E-state index in [1.165, 1.54) is 65.6 Å². The molecule has 0 amide bonds. The standard InChI is InChI=1S/C36H28O3P2.C23H12F5NO4.Eu/c37-40(29-17-5-1-6-18-29,30-19-7-2-8-20-30)35-27-15-13-25-33(35)39-34-26-14-16-28-36(34)41(38,31-21-9-3-10-22-31)32-23-11-4-12-24-32;24-12-1-5-14(6-2-12)29(15-7-3-13(25)4-8-15)16-9-10-17-18(11-16)33-22(32)19(20(17)30)21(31)23(26,27)28;/h1-28H;1-11,30H;. The second-order valence-corrected chi connectivity index (χ2v) is 22.0. The van der Waals surface area contributed by atoms with Crippen LogP contribution in [-0.4, -0.2) is 17.1 Å². The molecule has 0 atom stereocenters. The van der Waals surface area contributed by atoms with Gasteiger partial charge in [0.25, 0.3) is 5.78 Å². The Bertz CT molecular complexity index is 3510. The topological polar surface area (TPSA) is 114 Å². The molecule has 0 saturated carbocycles. The molecule has 0 bridgehead atoms. The third-order valence-electron chi connectivity index (χ3n) is 11.9. The number of halogens is 5. The molecule has 8 nitrogen and oxygen atoms in total. The number of hydrogen-bond donors (Lipinski definition) is 1. The first-order chi connectivity index (χ1) is 35.7. The number of fused-ring (bicyclic) bond motifs is 1. The first kappa shape index (κ1) is 54.2. The molecule has 0 aliphatic heterocycles. The molecule has 0 aliphatic carbocycles. The van der Waals surface area contributed by atoms with Gasteiger partial charge in [-0.1, -0.05) is 146 Å². The second-order valence-electron chi connectivity index (χ2n) is 16.5. The summed E-state index contributed by atoms with van der Waals surface area (Å²) >= 11 is 0. The molecule has 1 radical (unpaired) electrons. The molecular formula is C59H40EuF5NO7P2. The van der Waals surface area contributed by atoms with Crippen LogP contribution in [0.4, 0.5) is 39.0 Å². The summed E-state index contributed by atoms with van der Waals surface area (Å²) in [4.78, 5) is 25.2. The van der Waals surface area contributed by atoms with Crippen LogP contribution in [0.2, 0.25) is 0 Å². The van der Waals surface area contributed by atoms with Crippen molar-refractivity contribution in [3.8, 4) is 17.2 Å². The molecule has 0 saturated heterocycles. The molecule has 0 fully saturated rings. The van der Waals surface area contributed by atoms with E-state index >= 15 is 9.13 Å². The molecule has 0 aliphatic rings. The van der Waals surface area contributed by atoms with E-state index in [0.717, 1.165) is 27.3 Å².